The van der Waals surface area contributed by atoms with E-state index in [1.54, 1.807) is 18.5 Å². The predicted molar refractivity (Wildman–Crippen MR) is 79.2 cm³/mol. The minimum Gasteiger partial charge on any atom is -0.252 e. The second-order valence-corrected chi connectivity index (χ2v) is 4.95. The Morgan fingerprint density at radius 3 is 2.52 bits per heavy atom. The van der Waals surface area contributed by atoms with Gasteiger partial charge in [-0.3, -0.25) is 4.98 Å². The Hall–Kier alpha value is -2.55. The van der Waals surface area contributed by atoms with E-state index in [1.165, 1.54) is 11.6 Å². The minimum atomic E-state index is -0.174. The molecule has 104 valence electrons. The number of hydrogen-bond acceptors (Lipinski definition) is 1. The number of benzene rings is 2. The Bertz CT molecular complexity index is 726. The number of rotatable bonds is 4. The molecule has 0 fully saturated rings. The van der Waals surface area contributed by atoms with E-state index in [-0.39, 0.29) is 5.82 Å². The molecule has 3 heteroatoms. The number of halogens is 1. The van der Waals surface area contributed by atoms with Crippen LogP contribution in [0, 0.1) is 5.82 Å². The van der Waals surface area contributed by atoms with Crippen LogP contribution in [0.4, 0.5) is 4.39 Å². The lowest BCUT2D eigenvalue weighted by Gasteiger charge is -2.05. The van der Waals surface area contributed by atoms with E-state index in [0.29, 0.717) is 12.0 Å². The molecule has 3 rings (SSSR count). The minimum absolute atomic E-state index is 0.174. The zero-order valence-electron chi connectivity index (χ0n) is 11.6. The van der Waals surface area contributed by atoms with Gasteiger partial charge < -0.3 is 0 Å². The fourth-order valence-electron chi connectivity index (χ4n) is 2.34. The third-order valence-corrected chi connectivity index (χ3v) is 3.45. The Morgan fingerprint density at radius 2 is 1.71 bits per heavy atom. The summed E-state index contributed by atoms with van der Waals surface area (Å²) in [6, 6.07) is 17.1. The largest absolute Gasteiger partial charge is 0.252 e. The molecule has 0 aliphatic heterocycles. The van der Waals surface area contributed by atoms with Crippen molar-refractivity contribution >= 4 is 0 Å². The molecule has 0 spiro atoms. The molecule has 0 N–H and O–H groups in total. The van der Waals surface area contributed by atoms with Crippen LogP contribution in [0.15, 0.2) is 73.2 Å². The lowest BCUT2D eigenvalue weighted by Crippen LogP contribution is -2.39. The summed E-state index contributed by atoms with van der Waals surface area (Å²) < 4.78 is 15.9. The first kappa shape index (κ1) is 13.4. The van der Waals surface area contributed by atoms with Crippen LogP contribution < -0.4 is 4.57 Å². The van der Waals surface area contributed by atoms with E-state index < -0.39 is 0 Å². The smallest absolute Gasteiger partial charge is 0.204 e. The molecule has 0 amide bonds. The van der Waals surface area contributed by atoms with Gasteiger partial charge in [0.15, 0.2) is 12.7 Å². The lowest BCUT2D eigenvalue weighted by atomic mass is 10.1. The van der Waals surface area contributed by atoms with E-state index in [2.05, 4.69) is 21.7 Å². The van der Waals surface area contributed by atoms with Gasteiger partial charge in [0.2, 0.25) is 5.69 Å². The van der Waals surface area contributed by atoms with Gasteiger partial charge in [-0.05, 0) is 11.6 Å². The van der Waals surface area contributed by atoms with E-state index >= 15 is 0 Å². The number of nitrogens with zero attached hydrogens (tertiary/aromatic N) is 2. The van der Waals surface area contributed by atoms with E-state index in [9.17, 15) is 4.39 Å². The highest BCUT2D eigenvalue weighted by molar-refractivity contribution is 5.21. The van der Waals surface area contributed by atoms with Gasteiger partial charge in [-0.25, -0.2) is 4.39 Å². The van der Waals surface area contributed by atoms with Crippen LogP contribution >= 0.6 is 0 Å². The van der Waals surface area contributed by atoms with E-state index in [4.69, 9.17) is 0 Å². The van der Waals surface area contributed by atoms with Crippen LogP contribution in [0.25, 0.3) is 0 Å². The van der Waals surface area contributed by atoms with Gasteiger partial charge in [0.05, 0.1) is 18.8 Å². The van der Waals surface area contributed by atoms with E-state index in [1.807, 2.05) is 36.5 Å². The van der Waals surface area contributed by atoms with Crippen molar-refractivity contribution in [3.8, 4) is 0 Å². The van der Waals surface area contributed by atoms with Crippen molar-refractivity contribution < 1.29 is 8.96 Å². The van der Waals surface area contributed by atoms with Crippen molar-refractivity contribution in [1.82, 2.24) is 4.98 Å². The highest BCUT2D eigenvalue weighted by Crippen LogP contribution is 2.10. The van der Waals surface area contributed by atoms with Crippen molar-refractivity contribution in [2.24, 2.45) is 0 Å². The van der Waals surface area contributed by atoms with Gasteiger partial charge in [0.1, 0.15) is 5.82 Å². The Kier molecular flexibility index (Phi) is 4.01. The van der Waals surface area contributed by atoms with Crippen LogP contribution in [0.1, 0.15) is 16.8 Å². The average Bonchev–Trinajstić information content (AvgIpc) is 2.52. The van der Waals surface area contributed by atoms with Gasteiger partial charge in [0.25, 0.3) is 0 Å². The predicted octanol–water partition coefficient (Wildman–Crippen LogP) is 3.15. The van der Waals surface area contributed by atoms with Crippen LogP contribution in [0.3, 0.4) is 0 Å². The fraction of sp³-hybridized carbons (Fsp3) is 0.111. The summed E-state index contributed by atoms with van der Waals surface area (Å²) in [6.07, 6.45) is 6.03. The van der Waals surface area contributed by atoms with Crippen LogP contribution in [-0.2, 0) is 13.0 Å². The standard InChI is InChI=1S/C18H16FN2/c19-18-9-5-4-8-16(18)12-17-13-20-10-11-21(17)14-15-6-2-1-3-7-15/h1-11,13H,12,14H2/q+1. The first-order chi connectivity index (χ1) is 10.3. The monoisotopic (exact) mass is 279 g/mol. The van der Waals surface area contributed by atoms with Crippen LogP contribution in [0.2, 0.25) is 0 Å². The molecule has 0 atom stereocenters. The molecular weight excluding hydrogens is 263 g/mol. The molecule has 3 aromatic rings. The van der Waals surface area contributed by atoms with Crippen molar-refractivity contribution in [3.05, 3.63) is 95.8 Å². The second kappa shape index (κ2) is 6.27. The molecule has 0 aliphatic rings. The van der Waals surface area contributed by atoms with Crippen molar-refractivity contribution in [2.75, 3.05) is 0 Å². The molecule has 2 aromatic carbocycles. The van der Waals surface area contributed by atoms with Crippen LogP contribution in [-0.4, -0.2) is 4.98 Å². The second-order valence-electron chi connectivity index (χ2n) is 4.95. The summed E-state index contributed by atoms with van der Waals surface area (Å²) in [7, 11) is 0. The fourth-order valence-corrected chi connectivity index (χ4v) is 2.34. The normalized spacial score (nSPS) is 10.5. The van der Waals surface area contributed by atoms with Gasteiger partial charge >= 0.3 is 0 Å². The zero-order valence-corrected chi connectivity index (χ0v) is 11.6. The topological polar surface area (TPSA) is 16.8 Å². The summed E-state index contributed by atoms with van der Waals surface area (Å²) in [6.45, 7) is 0.757. The van der Waals surface area contributed by atoms with Gasteiger partial charge in [-0.1, -0.05) is 48.5 Å². The number of aromatic nitrogens is 2. The summed E-state index contributed by atoms with van der Waals surface area (Å²) >= 11 is 0. The Balaban J connectivity index is 1.88. The van der Waals surface area contributed by atoms with E-state index in [0.717, 1.165) is 12.2 Å². The molecule has 0 bridgehead atoms. The maximum atomic E-state index is 13.8. The maximum absolute atomic E-state index is 13.8. The molecule has 0 radical (unpaired) electrons. The molecule has 0 saturated heterocycles. The van der Waals surface area contributed by atoms with Crippen molar-refractivity contribution in [2.45, 2.75) is 13.0 Å². The lowest BCUT2D eigenvalue weighted by molar-refractivity contribution is -0.695. The Labute approximate surface area is 123 Å². The quantitative estimate of drug-likeness (QED) is 0.670. The van der Waals surface area contributed by atoms with Gasteiger partial charge in [-0.15, -0.1) is 0 Å². The molecule has 1 aromatic heterocycles. The molecule has 0 aliphatic carbocycles. The highest BCUT2D eigenvalue weighted by atomic mass is 19.1. The van der Waals surface area contributed by atoms with Crippen molar-refractivity contribution in [3.63, 3.8) is 0 Å². The molecule has 2 nitrogen and oxygen atoms in total. The highest BCUT2D eigenvalue weighted by Gasteiger charge is 2.13. The molecule has 1 heterocycles. The SMILES string of the molecule is Fc1ccccc1Cc1cncc[n+]1Cc1ccccc1. The van der Waals surface area contributed by atoms with Gasteiger partial charge in [-0.2, -0.15) is 4.57 Å². The maximum Gasteiger partial charge on any atom is 0.204 e. The van der Waals surface area contributed by atoms with Crippen LogP contribution in [0.5, 0.6) is 0 Å². The third-order valence-electron chi connectivity index (χ3n) is 3.45. The summed E-state index contributed by atoms with van der Waals surface area (Å²) in [5, 5.41) is 0. The first-order valence-corrected chi connectivity index (χ1v) is 6.92. The first-order valence-electron chi connectivity index (χ1n) is 6.92. The van der Waals surface area contributed by atoms with Crippen molar-refractivity contribution in [1.29, 1.82) is 0 Å². The van der Waals surface area contributed by atoms with Gasteiger partial charge in [0, 0.05) is 5.56 Å². The molecule has 0 unspecified atom stereocenters. The molecule has 21 heavy (non-hydrogen) atoms. The third kappa shape index (κ3) is 3.31. The summed E-state index contributed by atoms with van der Waals surface area (Å²) in [4.78, 5) is 4.17. The Morgan fingerprint density at radius 1 is 0.952 bits per heavy atom. The molecular formula is C18H16FN2+. The number of hydrogen-bond donors (Lipinski definition) is 0. The summed E-state index contributed by atoms with van der Waals surface area (Å²) in [5.74, 6) is -0.174. The molecule has 0 saturated carbocycles. The zero-order chi connectivity index (χ0) is 14.5. The summed E-state index contributed by atoms with van der Waals surface area (Å²) in [5.41, 5.74) is 2.89. The average molecular weight is 279 g/mol.